The van der Waals surface area contributed by atoms with Crippen LogP contribution in [-0.4, -0.2) is 13.2 Å². The molecule has 0 bridgehead atoms. The van der Waals surface area contributed by atoms with E-state index in [-0.39, 0.29) is 13.2 Å². The third kappa shape index (κ3) is 6.59. The molecule has 0 atom stereocenters. The molecule has 0 radical (unpaired) electrons. The van der Waals surface area contributed by atoms with E-state index in [9.17, 15) is 4.57 Å². The van der Waals surface area contributed by atoms with Gasteiger partial charge in [0.15, 0.2) is 0 Å². The Morgan fingerprint density at radius 2 is 1.14 bits per heavy atom. The average molecular weight is 574 g/mol. The van der Waals surface area contributed by atoms with Crippen molar-refractivity contribution in [2.75, 3.05) is 17.9 Å². The molecule has 0 spiro atoms. The van der Waals surface area contributed by atoms with E-state index in [1.807, 2.05) is 129 Å². The first-order chi connectivity index (χ1) is 18.1. The summed E-state index contributed by atoms with van der Waals surface area (Å²) in [6, 6.07) is 37.6. The molecule has 4 rings (SSSR count). The minimum absolute atomic E-state index is 0.223. The molecule has 37 heavy (non-hydrogen) atoms. The largest absolute Gasteiger partial charge is 0.440 e. The van der Waals surface area contributed by atoms with Gasteiger partial charge in [0.25, 0.3) is 0 Å². The van der Waals surface area contributed by atoms with Crippen molar-refractivity contribution in [3.63, 3.8) is 0 Å². The molecule has 0 aliphatic rings. The highest BCUT2D eigenvalue weighted by Crippen LogP contribution is 2.57. The van der Waals surface area contributed by atoms with Gasteiger partial charge in [-0.05, 0) is 49.2 Å². The van der Waals surface area contributed by atoms with Crippen LogP contribution in [0.15, 0.2) is 125 Å². The van der Waals surface area contributed by atoms with E-state index < -0.39 is 7.75 Å². The van der Waals surface area contributed by atoms with Crippen molar-refractivity contribution in [3.05, 3.63) is 142 Å². The van der Waals surface area contributed by atoms with Crippen LogP contribution in [0.2, 0.25) is 0 Å². The maximum atomic E-state index is 14.5. The third-order valence-electron chi connectivity index (χ3n) is 5.53. The van der Waals surface area contributed by atoms with E-state index in [0.717, 1.165) is 26.7 Å². The zero-order chi connectivity index (χ0) is 26.1. The van der Waals surface area contributed by atoms with E-state index in [2.05, 4.69) is 21.7 Å². The van der Waals surface area contributed by atoms with Crippen LogP contribution in [0.25, 0.3) is 11.3 Å². The minimum Gasteiger partial charge on any atom is -0.292 e. The fourth-order valence-electron chi connectivity index (χ4n) is 3.94. The standard InChI is InChI=1S/C31H29BrNO3P/c1-3-35-37(34,36-4-2)33(29-22-20-28(32)21-23-29)31(27-18-12-7-13-19-27)24-30(25-14-8-5-9-15-25)26-16-10-6-11-17-26/h5-23H,3-4H2,1-2H3. The molecule has 0 saturated heterocycles. The fourth-order valence-corrected chi connectivity index (χ4v) is 5.99. The Labute approximate surface area is 227 Å². The summed E-state index contributed by atoms with van der Waals surface area (Å²) in [6.45, 7) is 4.07. The monoisotopic (exact) mass is 573 g/mol. The first-order valence-corrected chi connectivity index (χ1v) is 14.5. The second-order valence-electron chi connectivity index (χ2n) is 8.04. The van der Waals surface area contributed by atoms with Gasteiger partial charge in [0.1, 0.15) is 5.70 Å². The number of nitrogens with zero attached hydrogens (tertiary/aromatic N) is 1. The summed E-state index contributed by atoms with van der Waals surface area (Å²) in [4.78, 5) is 0. The molecule has 4 aromatic carbocycles. The van der Waals surface area contributed by atoms with Gasteiger partial charge in [0.2, 0.25) is 0 Å². The molecular formula is C31H29BrNO3P. The summed E-state index contributed by atoms with van der Waals surface area (Å²) in [5.74, 6) is 0. The quantitative estimate of drug-likeness (QED) is 0.140. The van der Waals surface area contributed by atoms with E-state index in [1.165, 1.54) is 0 Å². The lowest BCUT2D eigenvalue weighted by molar-refractivity contribution is 0.220. The van der Waals surface area contributed by atoms with Crippen molar-refractivity contribution in [1.29, 1.82) is 0 Å². The SMILES string of the molecule is CCOP(=O)(OCC)N(C(=C=C(c1ccccc1)c1ccccc1)c1ccccc1)c1ccc(Br)cc1. The molecular weight excluding hydrogens is 545 g/mol. The highest BCUT2D eigenvalue weighted by atomic mass is 79.9. The molecule has 4 aromatic rings. The predicted octanol–water partition coefficient (Wildman–Crippen LogP) is 9.21. The van der Waals surface area contributed by atoms with E-state index in [0.29, 0.717) is 11.4 Å². The second kappa shape index (κ2) is 12.9. The summed E-state index contributed by atoms with van der Waals surface area (Å²) in [7, 11) is -3.82. The smallest absolute Gasteiger partial charge is 0.292 e. The van der Waals surface area contributed by atoms with Gasteiger partial charge in [0, 0.05) is 15.6 Å². The Kier molecular flexibility index (Phi) is 9.35. The molecule has 0 aliphatic heterocycles. The zero-order valence-corrected chi connectivity index (χ0v) is 23.4. The van der Waals surface area contributed by atoms with E-state index in [1.54, 1.807) is 4.67 Å². The van der Waals surface area contributed by atoms with Crippen molar-refractivity contribution in [1.82, 2.24) is 0 Å². The Bertz CT molecular complexity index is 1350. The molecule has 4 nitrogen and oxygen atoms in total. The number of hydrogen-bond donors (Lipinski definition) is 0. The van der Waals surface area contributed by atoms with Gasteiger partial charge in [0.05, 0.1) is 18.9 Å². The highest BCUT2D eigenvalue weighted by molar-refractivity contribution is 9.10. The summed E-state index contributed by atoms with van der Waals surface area (Å²) >= 11 is 3.51. The van der Waals surface area contributed by atoms with Crippen LogP contribution in [0.3, 0.4) is 0 Å². The second-order valence-corrected chi connectivity index (χ2v) is 10.8. The summed E-state index contributed by atoms with van der Waals surface area (Å²) < 4.78 is 28.8. The molecule has 0 aromatic heterocycles. The van der Waals surface area contributed by atoms with Crippen LogP contribution >= 0.6 is 23.7 Å². The summed E-state index contributed by atoms with van der Waals surface area (Å²) in [5, 5.41) is 0. The maximum Gasteiger partial charge on any atom is 0.440 e. The molecule has 0 unspecified atom stereocenters. The Balaban J connectivity index is 2.13. The lowest BCUT2D eigenvalue weighted by atomic mass is 9.98. The fraction of sp³-hybridized carbons (Fsp3) is 0.129. The molecule has 188 valence electrons. The van der Waals surface area contributed by atoms with Gasteiger partial charge in [-0.2, -0.15) is 0 Å². The van der Waals surface area contributed by atoms with E-state index >= 15 is 0 Å². The van der Waals surface area contributed by atoms with Crippen LogP contribution < -0.4 is 4.67 Å². The minimum atomic E-state index is -3.82. The van der Waals surface area contributed by atoms with Crippen LogP contribution in [0.1, 0.15) is 30.5 Å². The number of hydrogen-bond acceptors (Lipinski definition) is 3. The molecule has 0 fully saturated rings. The van der Waals surface area contributed by atoms with Gasteiger partial charge in [-0.3, -0.25) is 9.05 Å². The normalized spacial score (nSPS) is 11.0. The van der Waals surface area contributed by atoms with Crippen LogP contribution in [0, 0.1) is 0 Å². The van der Waals surface area contributed by atoms with Gasteiger partial charge < -0.3 is 0 Å². The number of halogens is 1. The predicted molar refractivity (Wildman–Crippen MR) is 156 cm³/mol. The van der Waals surface area contributed by atoms with Gasteiger partial charge in [-0.25, -0.2) is 9.24 Å². The van der Waals surface area contributed by atoms with Crippen molar-refractivity contribution in [2.45, 2.75) is 13.8 Å². The van der Waals surface area contributed by atoms with Crippen LogP contribution in [-0.2, 0) is 13.6 Å². The molecule has 0 aliphatic carbocycles. The third-order valence-corrected chi connectivity index (χ3v) is 8.15. The Hall–Kier alpha value is -3.17. The maximum absolute atomic E-state index is 14.5. The van der Waals surface area contributed by atoms with Crippen molar-refractivity contribution in [3.8, 4) is 0 Å². The Morgan fingerprint density at radius 3 is 1.57 bits per heavy atom. The zero-order valence-electron chi connectivity index (χ0n) is 20.9. The highest BCUT2D eigenvalue weighted by Gasteiger charge is 2.37. The molecule has 0 saturated carbocycles. The average Bonchev–Trinajstić information content (AvgIpc) is 2.93. The van der Waals surface area contributed by atoms with Gasteiger partial charge >= 0.3 is 7.75 Å². The van der Waals surface area contributed by atoms with Crippen LogP contribution in [0.5, 0.6) is 0 Å². The molecule has 6 heteroatoms. The first-order valence-electron chi connectivity index (χ1n) is 12.2. The number of anilines is 1. The van der Waals surface area contributed by atoms with Crippen LogP contribution in [0.4, 0.5) is 5.69 Å². The Morgan fingerprint density at radius 1 is 0.703 bits per heavy atom. The molecule has 0 N–H and O–H groups in total. The van der Waals surface area contributed by atoms with Crippen molar-refractivity contribution < 1.29 is 13.6 Å². The lowest BCUT2D eigenvalue weighted by Crippen LogP contribution is -2.21. The first kappa shape index (κ1) is 26.9. The number of benzene rings is 4. The summed E-state index contributed by atoms with van der Waals surface area (Å²) in [5.41, 5.74) is 8.56. The van der Waals surface area contributed by atoms with Gasteiger partial charge in [-0.1, -0.05) is 113 Å². The lowest BCUT2D eigenvalue weighted by Gasteiger charge is -2.32. The summed E-state index contributed by atoms with van der Waals surface area (Å²) in [6.07, 6.45) is 0. The van der Waals surface area contributed by atoms with Gasteiger partial charge in [-0.15, -0.1) is 0 Å². The van der Waals surface area contributed by atoms with Crippen molar-refractivity contribution >= 4 is 40.6 Å². The topological polar surface area (TPSA) is 38.8 Å². The van der Waals surface area contributed by atoms with Crippen molar-refractivity contribution in [2.24, 2.45) is 0 Å². The number of rotatable bonds is 10. The van der Waals surface area contributed by atoms with E-state index in [4.69, 9.17) is 9.05 Å². The molecule has 0 heterocycles. The molecule has 0 amide bonds.